The fraction of sp³-hybridized carbons (Fsp3) is 0.538. The van der Waals surface area contributed by atoms with Crippen molar-refractivity contribution >= 4 is 0 Å². The fourth-order valence-electron chi connectivity index (χ4n) is 2.20. The molecule has 1 heteroatoms. The van der Waals surface area contributed by atoms with E-state index in [-0.39, 0.29) is 0 Å². The largest absolute Gasteiger partial charge is 0.311 e. The standard InChI is InChI=1S/C13H19N/c1-3-10(2)14-13-8-11-6-4-5-7-12(11)9-13/h4-7,10,13-14H,3,8-9H2,1-2H3/t10-/m1/s1. The van der Waals surface area contributed by atoms with Crippen LogP contribution < -0.4 is 5.32 Å². The van der Waals surface area contributed by atoms with Crippen LogP contribution in [0.3, 0.4) is 0 Å². The van der Waals surface area contributed by atoms with Crippen molar-refractivity contribution in [1.82, 2.24) is 5.32 Å². The van der Waals surface area contributed by atoms with Crippen molar-refractivity contribution in [2.45, 2.75) is 45.2 Å². The summed E-state index contributed by atoms with van der Waals surface area (Å²) in [6.45, 7) is 4.50. The molecule has 1 aliphatic rings. The molecule has 1 N–H and O–H groups in total. The first kappa shape index (κ1) is 9.72. The van der Waals surface area contributed by atoms with Crippen LogP contribution in [0.1, 0.15) is 31.4 Å². The summed E-state index contributed by atoms with van der Waals surface area (Å²) >= 11 is 0. The monoisotopic (exact) mass is 189 g/mol. The van der Waals surface area contributed by atoms with E-state index >= 15 is 0 Å². The third-order valence-corrected chi connectivity index (χ3v) is 3.18. The number of rotatable bonds is 3. The minimum atomic E-state index is 0.648. The highest BCUT2D eigenvalue weighted by Crippen LogP contribution is 2.21. The first-order valence-corrected chi connectivity index (χ1v) is 5.62. The van der Waals surface area contributed by atoms with Gasteiger partial charge >= 0.3 is 0 Å². The number of hydrogen-bond donors (Lipinski definition) is 1. The maximum absolute atomic E-state index is 3.68. The zero-order chi connectivity index (χ0) is 9.97. The second-order valence-corrected chi connectivity index (χ2v) is 4.35. The van der Waals surface area contributed by atoms with Gasteiger partial charge in [0.15, 0.2) is 0 Å². The Balaban J connectivity index is 1.98. The topological polar surface area (TPSA) is 12.0 Å². The first-order valence-electron chi connectivity index (χ1n) is 5.62. The number of benzene rings is 1. The summed E-state index contributed by atoms with van der Waals surface area (Å²) < 4.78 is 0. The Bertz CT molecular complexity index is 281. The fourth-order valence-corrected chi connectivity index (χ4v) is 2.20. The van der Waals surface area contributed by atoms with E-state index in [1.807, 2.05) is 0 Å². The second-order valence-electron chi connectivity index (χ2n) is 4.35. The summed E-state index contributed by atoms with van der Waals surface area (Å²) in [6, 6.07) is 10.1. The third-order valence-electron chi connectivity index (χ3n) is 3.18. The highest BCUT2D eigenvalue weighted by atomic mass is 14.9. The van der Waals surface area contributed by atoms with Crippen molar-refractivity contribution in [3.63, 3.8) is 0 Å². The SMILES string of the molecule is CC[C@@H](C)NC1Cc2ccccc2C1. The van der Waals surface area contributed by atoms with E-state index in [4.69, 9.17) is 0 Å². The van der Waals surface area contributed by atoms with E-state index in [0.717, 1.165) is 0 Å². The summed E-state index contributed by atoms with van der Waals surface area (Å²) in [6.07, 6.45) is 3.63. The summed E-state index contributed by atoms with van der Waals surface area (Å²) in [5.41, 5.74) is 3.07. The van der Waals surface area contributed by atoms with Gasteiger partial charge in [0.2, 0.25) is 0 Å². The molecule has 0 bridgehead atoms. The minimum absolute atomic E-state index is 0.648. The maximum atomic E-state index is 3.68. The molecular formula is C13H19N. The van der Waals surface area contributed by atoms with Crippen LogP contribution in [0, 0.1) is 0 Å². The highest BCUT2D eigenvalue weighted by molar-refractivity contribution is 5.33. The van der Waals surface area contributed by atoms with Crippen LogP contribution in [0.4, 0.5) is 0 Å². The van der Waals surface area contributed by atoms with Crippen LogP contribution in [-0.4, -0.2) is 12.1 Å². The lowest BCUT2D eigenvalue weighted by Crippen LogP contribution is -2.36. The van der Waals surface area contributed by atoms with Crippen LogP contribution in [-0.2, 0) is 12.8 Å². The lowest BCUT2D eigenvalue weighted by molar-refractivity contribution is 0.447. The van der Waals surface area contributed by atoms with Gasteiger partial charge in [-0.25, -0.2) is 0 Å². The van der Waals surface area contributed by atoms with Crippen LogP contribution in [0.15, 0.2) is 24.3 Å². The van der Waals surface area contributed by atoms with Crippen LogP contribution in [0.2, 0.25) is 0 Å². The van der Waals surface area contributed by atoms with Crippen LogP contribution in [0.25, 0.3) is 0 Å². The molecule has 0 aliphatic heterocycles. The molecular weight excluding hydrogens is 170 g/mol. The zero-order valence-corrected chi connectivity index (χ0v) is 9.09. The molecule has 0 radical (unpaired) electrons. The van der Waals surface area contributed by atoms with Crippen molar-refractivity contribution in [3.8, 4) is 0 Å². The van der Waals surface area contributed by atoms with Gasteiger partial charge in [0.25, 0.3) is 0 Å². The first-order chi connectivity index (χ1) is 6.79. The molecule has 0 spiro atoms. The van der Waals surface area contributed by atoms with Gasteiger partial charge in [0.1, 0.15) is 0 Å². The lowest BCUT2D eigenvalue weighted by atomic mass is 10.1. The number of fused-ring (bicyclic) bond motifs is 1. The Morgan fingerprint density at radius 1 is 1.29 bits per heavy atom. The third kappa shape index (κ3) is 1.98. The quantitative estimate of drug-likeness (QED) is 0.770. The van der Waals surface area contributed by atoms with Gasteiger partial charge in [0, 0.05) is 12.1 Å². The van der Waals surface area contributed by atoms with Crippen molar-refractivity contribution in [2.24, 2.45) is 0 Å². The maximum Gasteiger partial charge on any atom is 0.0150 e. The summed E-state index contributed by atoms with van der Waals surface area (Å²) in [4.78, 5) is 0. The predicted molar refractivity (Wildman–Crippen MR) is 60.5 cm³/mol. The smallest absolute Gasteiger partial charge is 0.0150 e. The molecule has 0 aromatic heterocycles. The van der Waals surface area contributed by atoms with Gasteiger partial charge < -0.3 is 5.32 Å². The molecule has 1 aliphatic carbocycles. The Labute approximate surface area is 86.5 Å². The second kappa shape index (κ2) is 4.14. The molecule has 76 valence electrons. The molecule has 1 nitrogen and oxygen atoms in total. The molecule has 0 unspecified atom stereocenters. The predicted octanol–water partition coefficient (Wildman–Crippen LogP) is 2.54. The normalized spacial score (nSPS) is 18.1. The van der Waals surface area contributed by atoms with E-state index in [0.29, 0.717) is 12.1 Å². The molecule has 0 heterocycles. The Morgan fingerprint density at radius 3 is 2.36 bits per heavy atom. The van der Waals surface area contributed by atoms with E-state index in [1.54, 1.807) is 0 Å². The molecule has 1 aromatic rings. The van der Waals surface area contributed by atoms with E-state index in [1.165, 1.54) is 30.4 Å². The van der Waals surface area contributed by atoms with E-state index in [9.17, 15) is 0 Å². The average molecular weight is 189 g/mol. The van der Waals surface area contributed by atoms with Crippen molar-refractivity contribution in [3.05, 3.63) is 35.4 Å². The summed E-state index contributed by atoms with van der Waals surface area (Å²) in [5, 5.41) is 3.68. The van der Waals surface area contributed by atoms with Gasteiger partial charge in [-0.15, -0.1) is 0 Å². The van der Waals surface area contributed by atoms with Gasteiger partial charge in [-0.1, -0.05) is 31.2 Å². The van der Waals surface area contributed by atoms with Crippen LogP contribution in [0.5, 0.6) is 0 Å². The Hall–Kier alpha value is -0.820. The Morgan fingerprint density at radius 2 is 1.86 bits per heavy atom. The molecule has 2 rings (SSSR count). The molecule has 0 saturated heterocycles. The van der Waals surface area contributed by atoms with Gasteiger partial charge in [-0.2, -0.15) is 0 Å². The lowest BCUT2D eigenvalue weighted by Gasteiger charge is -2.17. The van der Waals surface area contributed by atoms with Gasteiger partial charge in [-0.05, 0) is 37.3 Å². The molecule has 1 aromatic carbocycles. The van der Waals surface area contributed by atoms with Crippen molar-refractivity contribution < 1.29 is 0 Å². The van der Waals surface area contributed by atoms with E-state index in [2.05, 4.69) is 43.4 Å². The number of nitrogens with one attached hydrogen (secondary N) is 1. The molecule has 14 heavy (non-hydrogen) atoms. The molecule has 0 amide bonds. The molecule has 0 saturated carbocycles. The van der Waals surface area contributed by atoms with Gasteiger partial charge in [0.05, 0.1) is 0 Å². The van der Waals surface area contributed by atoms with Gasteiger partial charge in [-0.3, -0.25) is 0 Å². The molecule has 0 fully saturated rings. The molecule has 1 atom stereocenters. The summed E-state index contributed by atoms with van der Waals surface area (Å²) in [5.74, 6) is 0. The summed E-state index contributed by atoms with van der Waals surface area (Å²) in [7, 11) is 0. The van der Waals surface area contributed by atoms with Crippen LogP contribution >= 0.6 is 0 Å². The van der Waals surface area contributed by atoms with Crippen molar-refractivity contribution in [1.29, 1.82) is 0 Å². The Kier molecular flexibility index (Phi) is 2.87. The van der Waals surface area contributed by atoms with E-state index < -0.39 is 0 Å². The zero-order valence-electron chi connectivity index (χ0n) is 9.09. The average Bonchev–Trinajstić information content (AvgIpc) is 2.59. The highest BCUT2D eigenvalue weighted by Gasteiger charge is 2.21. The number of hydrogen-bond acceptors (Lipinski definition) is 1. The van der Waals surface area contributed by atoms with Crippen molar-refractivity contribution in [2.75, 3.05) is 0 Å². The minimum Gasteiger partial charge on any atom is -0.311 e.